The Kier molecular flexibility index (Phi) is 22.5. The lowest BCUT2D eigenvalue weighted by Gasteiger charge is -2.14. The molecule has 1 N–H and O–H groups in total. The zero-order valence-corrected chi connectivity index (χ0v) is 24.8. The summed E-state index contributed by atoms with van der Waals surface area (Å²) in [6.07, 6.45) is 31.7. The van der Waals surface area contributed by atoms with Crippen LogP contribution in [-0.2, 0) is 0 Å². The molecule has 0 heterocycles. The average Bonchev–Trinajstić information content (AvgIpc) is 2.93. The van der Waals surface area contributed by atoms with Crippen molar-refractivity contribution in [2.75, 3.05) is 19.8 Å². The second kappa shape index (κ2) is 25.2. The van der Waals surface area contributed by atoms with Crippen LogP contribution in [0.4, 0.5) is 0 Å². The average molecular weight is 525 g/mol. The second-order valence-corrected chi connectivity index (χ2v) is 10.5. The molecular formula is C35H56O3. The van der Waals surface area contributed by atoms with Crippen molar-refractivity contribution < 1.29 is 14.6 Å². The molecule has 3 nitrogen and oxygen atoms in total. The van der Waals surface area contributed by atoms with Gasteiger partial charge in [0, 0.05) is 12.1 Å². The Hall–Kier alpha value is -2.10. The summed E-state index contributed by atoms with van der Waals surface area (Å²) in [4.78, 5) is 0. The SMILES string of the molecule is C#Cc1cc(OCCCCCCCCCCCC)c(C#CCO)cc1OCCCCCCCCCCCC. The van der Waals surface area contributed by atoms with E-state index in [1.165, 1.54) is 116 Å². The van der Waals surface area contributed by atoms with E-state index in [1.54, 1.807) is 0 Å². The molecule has 0 radical (unpaired) electrons. The summed E-state index contributed by atoms with van der Waals surface area (Å²) in [5.41, 5.74) is 1.42. The molecule has 1 aromatic carbocycles. The monoisotopic (exact) mass is 524 g/mol. The highest BCUT2D eigenvalue weighted by Crippen LogP contribution is 2.29. The molecule has 38 heavy (non-hydrogen) atoms. The van der Waals surface area contributed by atoms with Crippen molar-refractivity contribution in [2.24, 2.45) is 0 Å². The highest BCUT2D eigenvalue weighted by molar-refractivity contribution is 5.58. The summed E-state index contributed by atoms with van der Waals surface area (Å²) in [5, 5.41) is 9.20. The van der Waals surface area contributed by atoms with Gasteiger partial charge in [0.25, 0.3) is 0 Å². The minimum Gasteiger partial charge on any atom is -0.492 e. The molecule has 0 unspecified atom stereocenters. The maximum atomic E-state index is 9.20. The number of ether oxygens (including phenoxy) is 2. The zero-order valence-electron chi connectivity index (χ0n) is 24.8. The Morgan fingerprint density at radius 1 is 0.579 bits per heavy atom. The van der Waals surface area contributed by atoms with Gasteiger partial charge >= 0.3 is 0 Å². The smallest absolute Gasteiger partial charge is 0.136 e. The van der Waals surface area contributed by atoms with Gasteiger partial charge in [-0.25, -0.2) is 0 Å². The van der Waals surface area contributed by atoms with E-state index in [2.05, 4.69) is 31.6 Å². The van der Waals surface area contributed by atoms with Crippen LogP contribution >= 0.6 is 0 Å². The first-order valence-corrected chi connectivity index (χ1v) is 15.8. The van der Waals surface area contributed by atoms with Crippen LogP contribution in [-0.4, -0.2) is 24.9 Å². The minimum atomic E-state index is -0.191. The van der Waals surface area contributed by atoms with Crippen LogP contribution in [0.2, 0.25) is 0 Å². The highest BCUT2D eigenvalue weighted by Gasteiger charge is 2.10. The first-order chi connectivity index (χ1) is 18.8. The van der Waals surface area contributed by atoms with Gasteiger partial charge in [0.15, 0.2) is 0 Å². The van der Waals surface area contributed by atoms with Crippen LogP contribution in [0.3, 0.4) is 0 Å². The maximum absolute atomic E-state index is 9.20. The van der Waals surface area contributed by atoms with Gasteiger partial charge in [-0.1, -0.05) is 147 Å². The Morgan fingerprint density at radius 2 is 0.947 bits per heavy atom. The number of hydrogen-bond acceptors (Lipinski definition) is 3. The number of terminal acetylenes is 1. The van der Waals surface area contributed by atoms with E-state index in [0.29, 0.717) is 30.3 Å². The van der Waals surface area contributed by atoms with E-state index in [4.69, 9.17) is 15.9 Å². The number of unbranched alkanes of at least 4 members (excludes halogenated alkanes) is 18. The number of aliphatic hydroxyl groups excluding tert-OH is 1. The first-order valence-electron chi connectivity index (χ1n) is 15.8. The van der Waals surface area contributed by atoms with Crippen molar-refractivity contribution in [1.29, 1.82) is 0 Å². The van der Waals surface area contributed by atoms with E-state index < -0.39 is 0 Å². The molecule has 0 bridgehead atoms. The molecule has 0 atom stereocenters. The van der Waals surface area contributed by atoms with Crippen molar-refractivity contribution >= 4 is 0 Å². The molecule has 214 valence electrons. The second-order valence-electron chi connectivity index (χ2n) is 10.5. The third kappa shape index (κ3) is 17.4. The predicted molar refractivity (Wildman–Crippen MR) is 163 cm³/mol. The summed E-state index contributed by atoms with van der Waals surface area (Å²) in [6, 6.07) is 3.74. The molecule has 0 fully saturated rings. The minimum absolute atomic E-state index is 0.191. The molecule has 0 saturated heterocycles. The van der Waals surface area contributed by atoms with Crippen molar-refractivity contribution in [3.8, 4) is 35.7 Å². The molecule has 0 saturated carbocycles. The lowest BCUT2D eigenvalue weighted by molar-refractivity contribution is 0.295. The highest BCUT2D eigenvalue weighted by atomic mass is 16.5. The van der Waals surface area contributed by atoms with E-state index in [1.807, 2.05) is 12.1 Å². The zero-order chi connectivity index (χ0) is 27.5. The molecule has 0 amide bonds. The van der Waals surface area contributed by atoms with Gasteiger partial charge in [-0.2, -0.15) is 0 Å². The van der Waals surface area contributed by atoms with Gasteiger partial charge in [-0.05, 0) is 12.8 Å². The fourth-order valence-corrected chi connectivity index (χ4v) is 4.69. The van der Waals surface area contributed by atoms with Crippen LogP contribution in [0.1, 0.15) is 153 Å². The molecule has 1 rings (SSSR count). The summed E-state index contributed by atoms with van der Waals surface area (Å²) in [7, 11) is 0. The van der Waals surface area contributed by atoms with Crippen molar-refractivity contribution in [3.05, 3.63) is 23.3 Å². The van der Waals surface area contributed by atoms with Crippen LogP contribution in [0.25, 0.3) is 0 Å². The molecule has 0 spiro atoms. The summed E-state index contributed by atoms with van der Waals surface area (Å²) >= 11 is 0. The van der Waals surface area contributed by atoms with Crippen LogP contribution in [0, 0.1) is 24.2 Å². The quantitative estimate of drug-likeness (QED) is 0.108. The Bertz CT molecular complexity index is 796. The Balaban J connectivity index is 2.39. The largest absolute Gasteiger partial charge is 0.492 e. The van der Waals surface area contributed by atoms with E-state index in [9.17, 15) is 5.11 Å². The third-order valence-electron chi connectivity index (χ3n) is 7.05. The number of aliphatic hydroxyl groups is 1. The molecule has 0 aliphatic heterocycles. The topological polar surface area (TPSA) is 38.7 Å². The molecule has 3 heteroatoms. The summed E-state index contributed by atoms with van der Waals surface area (Å²) < 4.78 is 12.1. The summed E-state index contributed by atoms with van der Waals surface area (Å²) in [5.74, 6) is 9.87. The van der Waals surface area contributed by atoms with Crippen LogP contribution in [0.5, 0.6) is 11.5 Å². The number of benzene rings is 1. The van der Waals surface area contributed by atoms with E-state index >= 15 is 0 Å². The van der Waals surface area contributed by atoms with Crippen molar-refractivity contribution in [2.45, 2.75) is 142 Å². The Morgan fingerprint density at radius 3 is 1.34 bits per heavy atom. The predicted octanol–water partition coefficient (Wildman–Crippen LogP) is 9.61. The normalized spacial score (nSPS) is 10.6. The first kappa shape index (κ1) is 33.9. The van der Waals surface area contributed by atoms with Crippen LogP contribution < -0.4 is 9.47 Å². The number of hydrogen-bond donors (Lipinski definition) is 1. The van der Waals surface area contributed by atoms with Gasteiger partial charge in [0.2, 0.25) is 0 Å². The molecule has 0 aliphatic rings. The fourth-order valence-electron chi connectivity index (χ4n) is 4.69. The molecular weight excluding hydrogens is 468 g/mol. The maximum Gasteiger partial charge on any atom is 0.136 e. The van der Waals surface area contributed by atoms with Gasteiger partial charge in [-0.15, -0.1) is 6.42 Å². The third-order valence-corrected chi connectivity index (χ3v) is 7.05. The van der Waals surface area contributed by atoms with Crippen molar-refractivity contribution in [1.82, 2.24) is 0 Å². The van der Waals surface area contributed by atoms with Crippen LogP contribution in [0.15, 0.2) is 12.1 Å². The lowest BCUT2D eigenvalue weighted by atomic mass is 10.1. The fraction of sp³-hybridized carbons (Fsp3) is 0.714. The van der Waals surface area contributed by atoms with E-state index in [0.717, 1.165) is 18.4 Å². The molecule has 1 aromatic rings. The number of rotatable bonds is 24. The summed E-state index contributed by atoms with van der Waals surface area (Å²) in [6.45, 7) is 5.63. The lowest BCUT2D eigenvalue weighted by Crippen LogP contribution is -2.03. The molecule has 0 aliphatic carbocycles. The van der Waals surface area contributed by atoms with Gasteiger partial charge in [0.1, 0.15) is 18.1 Å². The van der Waals surface area contributed by atoms with E-state index in [-0.39, 0.29) is 6.61 Å². The molecule has 0 aromatic heterocycles. The van der Waals surface area contributed by atoms with Gasteiger partial charge in [0.05, 0.1) is 24.3 Å². The standard InChI is InChI=1S/C35H56O3/c1-4-7-9-11-13-15-17-19-21-23-28-37-34-31-33(26-25-27-36)35(30-32(34)6-3)38-29-24-22-20-18-16-14-12-10-8-5-2/h3,30-31,36H,4-5,7-24,27-29H2,1-2H3. The van der Waals surface area contributed by atoms with Gasteiger partial charge in [-0.3, -0.25) is 0 Å². The Labute approximate surface area is 235 Å². The van der Waals surface area contributed by atoms with Crippen molar-refractivity contribution in [3.63, 3.8) is 0 Å². The van der Waals surface area contributed by atoms with Gasteiger partial charge < -0.3 is 14.6 Å².